The van der Waals surface area contributed by atoms with Crippen LogP contribution in [0.3, 0.4) is 0 Å². The highest BCUT2D eigenvalue weighted by Crippen LogP contribution is 2.23. The van der Waals surface area contributed by atoms with Crippen molar-refractivity contribution in [2.24, 2.45) is 0 Å². The quantitative estimate of drug-likeness (QED) is 0.419. The summed E-state index contributed by atoms with van der Waals surface area (Å²) in [5, 5.41) is 3.10. The molecule has 126 valence electrons. The van der Waals surface area contributed by atoms with Crippen molar-refractivity contribution in [1.82, 2.24) is 4.57 Å². The van der Waals surface area contributed by atoms with Crippen LogP contribution in [0.5, 0.6) is 5.75 Å². The maximum absolute atomic E-state index is 6.06. The van der Waals surface area contributed by atoms with Gasteiger partial charge in [0.1, 0.15) is 5.75 Å². The van der Waals surface area contributed by atoms with Crippen LogP contribution >= 0.6 is 11.6 Å². The van der Waals surface area contributed by atoms with E-state index in [9.17, 15) is 0 Å². The second kappa shape index (κ2) is 8.25. The van der Waals surface area contributed by atoms with Crippen molar-refractivity contribution < 1.29 is 4.74 Å². The van der Waals surface area contributed by atoms with Crippen LogP contribution in [0, 0.1) is 0 Å². The highest BCUT2D eigenvalue weighted by Gasteiger charge is 2.02. The van der Waals surface area contributed by atoms with Crippen LogP contribution in [0.4, 0.5) is 0 Å². The number of benzene rings is 2. The predicted octanol–water partition coefficient (Wildman–Crippen LogP) is 6.63. The number of nitrogens with zero attached hydrogens (tertiary/aromatic N) is 1. The molecule has 3 rings (SSSR count). The first-order valence-electron chi connectivity index (χ1n) is 8.77. The molecule has 3 heteroatoms. The number of hydrogen-bond acceptors (Lipinski definition) is 1. The van der Waals surface area contributed by atoms with E-state index >= 15 is 0 Å². The topological polar surface area (TPSA) is 14.2 Å². The molecule has 0 N–H and O–H groups in total. The van der Waals surface area contributed by atoms with E-state index in [1.807, 2.05) is 30.3 Å². The Labute approximate surface area is 149 Å². The second-order valence-corrected chi connectivity index (χ2v) is 6.63. The number of rotatable bonds is 8. The van der Waals surface area contributed by atoms with Crippen LogP contribution in [0.25, 0.3) is 16.5 Å². The Bertz CT molecular complexity index is 776. The van der Waals surface area contributed by atoms with Crippen LogP contribution in [-0.4, -0.2) is 11.2 Å². The van der Waals surface area contributed by atoms with E-state index in [1.165, 1.54) is 31.1 Å². The van der Waals surface area contributed by atoms with Gasteiger partial charge in [0.05, 0.1) is 6.61 Å². The van der Waals surface area contributed by atoms with Gasteiger partial charge in [-0.05, 0) is 48.2 Å². The normalized spacial score (nSPS) is 11.1. The summed E-state index contributed by atoms with van der Waals surface area (Å²) in [7, 11) is 0. The lowest BCUT2D eigenvalue weighted by Crippen LogP contribution is -1.97. The van der Waals surface area contributed by atoms with Crippen LogP contribution in [-0.2, 0) is 0 Å². The van der Waals surface area contributed by atoms with E-state index in [0.717, 1.165) is 34.9 Å². The summed E-state index contributed by atoms with van der Waals surface area (Å²) < 4.78 is 7.95. The third-order valence-corrected chi connectivity index (χ3v) is 4.49. The van der Waals surface area contributed by atoms with Crippen molar-refractivity contribution >= 4 is 22.4 Å². The first-order chi connectivity index (χ1) is 11.8. The SMILES string of the molecule is CCCCCCCOc1ccc(-n2cc3ccc(Cl)cc3c2)cc1. The van der Waals surface area contributed by atoms with Crippen molar-refractivity contribution in [1.29, 1.82) is 0 Å². The van der Waals surface area contributed by atoms with Gasteiger partial charge in [-0.3, -0.25) is 0 Å². The third kappa shape index (κ3) is 4.33. The smallest absolute Gasteiger partial charge is 0.119 e. The molecule has 3 aromatic rings. The number of ether oxygens (including phenoxy) is 1. The standard InChI is InChI=1S/C21H24ClNO/c1-2-3-4-5-6-13-24-21-11-9-20(10-12-21)23-15-17-7-8-19(22)14-18(17)16-23/h7-12,14-16H,2-6,13H2,1H3. The molecule has 24 heavy (non-hydrogen) atoms. The largest absolute Gasteiger partial charge is 0.494 e. The Kier molecular flexibility index (Phi) is 5.81. The lowest BCUT2D eigenvalue weighted by atomic mass is 10.2. The molecule has 0 aliphatic rings. The average molecular weight is 342 g/mol. The number of hydrogen-bond donors (Lipinski definition) is 0. The molecular formula is C21H24ClNO. The van der Waals surface area contributed by atoms with Gasteiger partial charge in [0.15, 0.2) is 0 Å². The van der Waals surface area contributed by atoms with Gasteiger partial charge in [-0.15, -0.1) is 0 Å². The Balaban J connectivity index is 1.59. The molecule has 0 spiro atoms. The molecule has 0 saturated heterocycles. The molecule has 0 bridgehead atoms. The molecule has 0 aliphatic heterocycles. The Morgan fingerprint density at radius 2 is 1.62 bits per heavy atom. The maximum atomic E-state index is 6.06. The molecule has 0 unspecified atom stereocenters. The predicted molar refractivity (Wildman–Crippen MR) is 103 cm³/mol. The second-order valence-electron chi connectivity index (χ2n) is 6.20. The molecule has 1 heterocycles. The molecule has 2 aromatic carbocycles. The molecule has 0 aliphatic carbocycles. The molecule has 0 saturated carbocycles. The van der Waals surface area contributed by atoms with Gasteiger partial charge in [0, 0.05) is 28.5 Å². The maximum Gasteiger partial charge on any atom is 0.119 e. The first kappa shape index (κ1) is 16.9. The van der Waals surface area contributed by atoms with Crippen molar-refractivity contribution in [2.75, 3.05) is 6.61 Å². The van der Waals surface area contributed by atoms with E-state index in [2.05, 4.69) is 36.0 Å². The summed E-state index contributed by atoms with van der Waals surface area (Å²) in [5.41, 5.74) is 1.12. The van der Waals surface area contributed by atoms with Crippen molar-refractivity contribution in [3.63, 3.8) is 0 Å². The minimum atomic E-state index is 0.767. The zero-order valence-electron chi connectivity index (χ0n) is 14.2. The summed E-state index contributed by atoms with van der Waals surface area (Å²) in [6.07, 6.45) is 10.5. The zero-order valence-corrected chi connectivity index (χ0v) is 14.9. The van der Waals surface area contributed by atoms with E-state index < -0.39 is 0 Å². The van der Waals surface area contributed by atoms with Gasteiger partial charge >= 0.3 is 0 Å². The fourth-order valence-electron chi connectivity index (χ4n) is 2.87. The van der Waals surface area contributed by atoms with Crippen molar-refractivity contribution in [3.05, 3.63) is 59.9 Å². The highest BCUT2D eigenvalue weighted by atomic mass is 35.5. The summed E-state index contributed by atoms with van der Waals surface area (Å²) in [6, 6.07) is 14.2. The number of aromatic nitrogens is 1. The van der Waals surface area contributed by atoms with Gasteiger partial charge in [0.25, 0.3) is 0 Å². The highest BCUT2D eigenvalue weighted by molar-refractivity contribution is 6.31. The summed E-state index contributed by atoms with van der Waals surface area (Å²) >= 11 is 6.06. The summed E-state index contributed by atoms with van der Waals surface area (Å²) in [6.45, 7) is 3.04. The zero-order chi connectivity index (χ0) is 16.8. The first-order valence-corrected chi connectivity index (χ1v) is 9.14. The Hall–Kier alpha value is -1.93. The van der Waals surface area contributed by atoms with Crippen LogP contribution in [0.15, 0.2) is 54.9 Å². The lowest BCUT2D eigenvalue weighted by Gasteiger charge is -2.08. The molecule has 2 nitrogen and oxygen atoms in total. The summed E-state index contributed by atoms with van der Waals surface area (Å²) in [5.74, 6) is 0.939. The number of halogens is 1. The minimum Gasteiger partial charge on any atom is -0.494 e. The monoisotopic (exact) mass is 341 g/mol. The Morgan fingerprint density at radius 3 is 2.42 bits per heavy atom. The molecule has 0 radical (unpaired) electrons. The van der Waals surface area contributed by atoms with Gasteiger partial charge in [-0.1, -0.05) is 50.3 Å². The van der Waals surface area contributed by atoms with E-state index in [-0.39, 0.29) is 0 Å². The summed E-state index contributed by atoms with van der Waals surface area (Å²) in [4.78, 5) is 0. The fraction of sp³-hybridized carbons (Fsp3) is 0.333. The minimum absolute atomic E-state index is 0.767. The molecule has 0 amide bonds. The van der Waals surface area contributed by atoms with Crippen LogP contribution < -0.4 is 4.74 Å². The van der Waals surface area contributed by atoms with Gasteiger partial charge in [-0.2, -0.15) is 0 Å². The molecular weight excluding hydrogens is 318 g/mol. The van der Waals surface area contributed by atoms with E-state index in [1.54, 1.807) is 0 Å². The number of fused-ring (bicyclic) bond motifs is 1. The van der Waals surface area contributed by atoms with Crippen molar-refractivity contribution in [3.8, 4) is 11.4 Å². The van der Waals surface area contributed by atoms with Gasteiger partial charge in [-0.25, -0.2) is 0 Å². The third-order valence-electron chi connectivity index (χ3n) is 4.26. The molecule has 0 fully saturated rings. The molecule has 0 atom stereocenters. The van der Waals surface area contributed by atoms with Crippen LogP contribution in [0.2, 0.25) is 5.02 Å². The van der Waals surface area contributed by atoms with E-state index in [4.69, 9.17) is 16.3 Å². The fourth-order valence-corrected chi connectivity index (χ4v) is 3.05. The van der Waals surface area contributed by atoms with Gasteiger partial charge < -0.3 is 9.30 Å². The van der Waals surface area contributed by atoms with E-state index in [0.29, 0.717) is 0 Å². The Morgan fingerprint density at radius 1 is 0.875 bits per heavy atom. The number of unbranched alkanes of at least 4 members (excludes halogenated alkanes) is 4. The van der Waals surface area contributed by atoms with Crippen LogP contribution in [0.1, 0.15) is 39.0 Å². The average Bonchev–Trinajstić information content (AvgIpc) is 3.01. The molecule has 1 aromatic heterocycles. The van der Waals surface area contributed by atoms with Crippen molar-refractivity contribution in [2.45, 2.75) is 39.0 Å². The lowest BCUT2D eigenvalue weighted by molar-refractivity contribution is 0.304. The van der Waals surface area contributed by atoms with Gasteiger partial charge in [0.2, 0.25) is 0 Å².